The number of halogens is 1. The Balaban J connectivity index is 0.000000980. The zero-order chi connectivity index (χ0) is 9.26. The van der Waals surface area contributed by atoms with Gasteiger partial charge >= 0.3 is 0 Å². The Hall–Kier alpha value is -0.230. The molecular formula is C9H11BrN2S2. The lowest BCUT2D eigenvalue weighted by Gasteiger charge is -1.96. The Kier molecular flexibility index (Phi) is 4.25. The third-order valence-electron chi connectivity index (χ3n) is 1.72. The molecule has 0 aromatic carbocycles. The third-order valence-corrected chi connectivity index (χ3v) is 3.62. The molecule has 1 unspecified atom stereocenters. The normalized spacial score (nSPS) is 12.1. The summed E-state index contributed by atoms with van der Waals surface area (Å²) in [5.74, 6) is 0. The highest BCUT2D eigenvalue weighted by atomic mass is 79.9. The smallest absolute Gasteiger partial charge is 0.133 e. The highest BCUT2D eigenvalue weighted by Crippen LogP contribution is 2.28. The van der Waals surface area contributed by atoms with Crippen LogP contribution in [0.5, 0.6) is 0 Å². The van der Waals surface area contributed by atoms with Crippen molar-refractivity contribution in [2.45, 2.75) is 13.0 Å². The minimum atomic E-state index is 0. The molecule has 0 radical (unpaired) electrons. The number of hydrogen-bond acceptors (Lipinski definition) is 4. The molecule has 0 bridgehead atoms. The van der Waals surface area contributed by atoms with Gasteiger partial charge in [-0.1, -0.05) is 6.07 Å². The molecule has 0 saturated carbocycles. The van der Waals surface area contributed by atoms with Gasteiger partial charge in [0.1, 0.15) is 5.01 Å². The Morgan fingerprint density at radius 2 is 2.21 bits per heavy atom. The zero-order valence-electron chi connectivity index (χ0n) is 7.64. The van der Waals surface area contributed by atoms with E-state index in [2.05, 4.69) is 16.4 Å². The van der Waals surface area contributed by atoms with Gasteiger partial charge in [0, 0.05) is 11.4 Å². The summed E-state index contributed by atoms with van der Waals surface area (Å²) >= 11 is 3.36. The van der Waals surface area contributed by atoms with Crippen LogP contribution < -0.4 is 5.73 Å². The molecule has 2 nitrogen and oxygen atoms in total. The Bertz CT molecular complexity index is 381. The molecular weight excluding hydrogens is 280 g/mol. The molecule has 2 N–H and O–H groups in total. The molecule has 0 spiro atoms. The van der Waals surface area contributed by atoms with E-state index in [4.69, 9.17) is 5.73 Å². The molecule has 14 heavy (non-hydrogen) atoms. The Labute approximate surface area is 102 Å². The molecule has 76 valence electrons. The summed E-state index contributed by atoms with van der Waals surface area (Å²) in [6.07, 6.45) is 0. The van der Waals surface area contributed by atoms with Crippen LogP contribution in [-0.2, 0) is 0 Å². The average Bonchev–Trinajstić information content (AvgIpc) is 2.75. The van der Waals surface area contributed by atoms with Crippen molar-refractivity contribution >= 4 is 39.7 Å². The van der Waals surface area contributed by atoms with E-state index >= 15 is 0 Å². The van der Waals surface area contributed by atoms with Crippen LogP contribution >= 0.6 is 39.7 Å². The topological polar surface area (TPSA) is 38.9 Å². The second-order valence-electron chi connectivity index (χ2n) is 2.84. The van der Waals surface area contributed by atoms with E-state index < -0.39 is 0 Å². The fourth-order valence-electron chi connectivity index (χ4n) is 1.01. The van der Waals surface area contributed by atoms with Crippen LogP contribution in [0.2, 0.25) is 0 Å². The third kappa shape index (κ3) is 2.42. The van der Waals surface area contributed by atoms with Crippen molar-refractivity contribution in [1.82, 2.24) is 4.98 Å². The maximum absolute atomic E-state index is 5.73. The van der Waals surface area contributed by atoms with Crippen molar-refractivity contribution in [1.29, 1.82) is 0 Å². The lowest BCUT2D eigenvalue weighted by Crippen LogP contribution is -2.04. The van der Waals surface area contributed by atoms with Crippen molar-refractivity contribution in [2.24, 2.45) is 5.73 Å². The van der Waals surface area contributed by atoms with Crippen LogP contribution in [0, 0.1) is 0 Å². The number of nitrogens with two attached hydrogens (primary N) is 1. The van der Waals surface area contributed by atoms with Gasteiger partial charge in [-0.05, 0) is 18.4 Å². The highest BCUT2D eigenvalue weighted by molar-refractivity contribution is 8.93. The predicted octanol–water partition coefficient (Wildman–Crippen LogP) is 3.47. The SMILES string of the molecule is Br.CC(N)c1csc(-c2cccs2)n1. The summed E-state index contributed by atoms with van der Waals surface area (Å²) in [5.41, 5.74) is 6.71. The van der Waals surface area contributed by atoms with Gasteiger partial charge in [-0.3, -0.25) is 0 Å². The first-order valence-electron chi connectivity index (χ1n) is 4.02. The second kappa shape index (κ2) is 5.02. The summed E-state index contributed by atoms with van der Waals surface area (Å²) in [7, 11) is 0. The van der Waals surface area contributed by atoms with Crippen molar-refractivity contribution in [3.63, 3.8) is 0 Å². The summed E-state index contributed by atoms with van der Waals surface area (Å²) in [6, 6.07) is 4.14. The van der Waals surface area contributed by atoms with E-state index in [1.165, 1.54) is 4.88 Å². The Morgan fingerprint density at radius 1 is 1.43 bits per heavy atom. The molecule has 0 aliphatic rings. The fraction of sp³-hybridized carbons (Fsp3) is 0.222. The molecule has 0 amide bonds. The summed E-state index contributed by atoms with van der Waals surface area (Å²) in [4.78, 5) is 5.68. The lowest BCUT2D eigenvalue weighted by atomic mass is 10.3. The van der Waals surface area contributed by atoms with Gasteiger partial charge in [-0.25, -0.2) is 4.98 Å². The monoisotopic (exact) mass is 290 g/mol. The molecule has 5 heteroatoms. The van der Waals surface area contributed by atoms with Crippen molar-refractivity contribution < 1.29 is 0 Å². The lowest BCUT2D eigenvalue weighted by molar-refractivity contribution is 0.790. The molecule has 1 atom stereocenters. The predicted molar refractivity (Wildman–Crippen MR) is 68.4 cm³/mol. The van der Waals surface area contributed by atoms with E-state index in [0.717, 1.165) is 10.7 Å². The molecule has 0 aliphatic carbocycles. The number of rotatable bonds is 2. The van der Waals surface area contributed by atoms with Crippen molar-refractivity contribution in [3.05, 3.63) is 28.6 Å². The van der Waals surface area contributed by atoms with Crippen LogP contribution in [0.3, 0.4) is 0 Å². The average molecular weight is 291 g/mol. The maximum Gasteiger partial charge on any atom is 0.133 e. The molecule has 2 heterocycles. The van der Waals surface area contributed by atoms with E-state index in [0.29, 0.717) is 0 Å². The summed E-state index contributed by atoms with van der Waals surface area (Å²) in [5, 5.41) is 5.16. The van der Waals surface area contributed by atoms with Crippen LogP contribution in [-0.4, -0.2) is 4.98 Å². The van der Waals surface area contributed by atoms with Crippen LogP contribution in [0.15, 0.2) is 22.9 Å². The summed E-state index contributed by atoms with van der Waals surface area (Å²) < 4.78 is 0. The van der Waals surface area contributed by atoms with Gasteiger partial charge in [0.2, 0.25) is 0 Å². The van der Waals surface area contributed by atoms with Crippen LogP contribution in [0.1, 0.15) is 18.7 Å². The molecule has 0 saturated heterocycles. The first-order valence-corrected chi connectivity index (χ1v) is 5.78. The number of nitrogens with zero attached hydrogens (tertiary/aromatic N) is 1. The number of thiophene rings is 1. The quantitative estimate of drug-likeness (QED) is 0.920. The van der Waals surface area contributed by atoms with E-state index in [9.17, 15) is 0 Å². The number of hydrogen-bond donors (Lipinski definition) is 1. The van der Waals surface area contributed by atoms with Gasteiger partial charge in [0.05, 0.1) is 10.6 Å². The van der Waals surface area contributed by atoms with Gasteiger partial charge in [0.25, 0.3) is 0 Å². The first kappa shape index (κ1) is 11.8. The summed E-state index contributed by atoms with van der Waals surface area (Å²) in [6.45, 7) is 1.95. The highest BCUT2D eigenvalue weighted by Gasteiger charge is 2.07. The minimum absolute atomic E-state index is 0. The van der Waals surface area contributed by atoms with E-state index in [1.807, 2.05) is 18.4 Å². The van der Waals surface area contributed by atoms with Gasteiger partial charge < -0.3 is 5.73 Å². The van der Waals surface area contributed by atoms with Gasteiger partial charge in [-0.2, -0.15) is 0 Å². The standard InChI is InChI=1S/C9H10N2S2.BrH/c1-6(10)7-5-13-9(11-7)8-3-2-4-12-8;/h2-6H,10H2,1H3;1H. The molecule has 2 aromatic heterocycles. The largest absolute Gasteiger partial charge is 0.323 e. The fourth-order valence-corrected chi connectivity index (χ4v) is 2.75. The van der Waals surface area contributed by atoms with Crippen molar-refractivity contribution in [3.8, 4) is 9.88 Å². The van der Waals surface area contributed by atoms with E-state index in [-0.39, 0.29) is 23.0 Å². The molecule has 2 rings (SSSR count). The Morgan fingerprint density at radius 3 is 2.71 bits per heavy atom. The second-order valence-corrected chi connectivity index (χ2v) is 4.65. The van der Waals surface area contributed by atoms with Crippen LogP contribution in [0.4, 0.5) is 0 Å². The zero-order valence-corrected chi connectivity index (χ0v) is 11.0. The van der Waals surface area contributed by atoms with E-state index in [1.54, 1.807) is 22.7 Å². The minimum Gasteiger partial charge on any atom is -0.323 e. The van der Waals surface area contributed by atoms with Crippen LogP contribution in [0.25, 0.3) is 9.88 Å². The number of thiazole rings is 1. The molecule has 0 fully saturated rings. The van der Waals surface area contributed by atoms with Gasteiger partial charge in [0.15, 0.2) is 0 Å². The molecule has 0 aliphatic heterocycles. The number of aromatic nitrogens is 1. The first-order chi connectivity index (χ1) is 6.27. The molecule has 2 aromatic rings. The van der Waals surface area contributed by atoms with Crippen molar-refractivity contribution in [2.75, 3.05) is 0 Å². The van der Waals surface area contributed by atoms with Gasteiger partial charge in [-0.15, -0.1) is 39.7 Å². The maximum atomic E-state index is 5.73.